The second-order valence-electron chi connectivity index (χ2n) is 7.88. The van der Waals surface area contributed by atoms with Gasteiger partial charge in [0.2, 0.25) is 11.8 Å². The fourth-order valence-electron chi connectivity index (χ4n) is 3.39. The van der Waals surface area contributed by atoms with E-state index >= 15 is 0 Å². The van der Waals surface area contributed by atoms with Crippen LogP contribution in [0.1, 0.15) is 29.6 Å². The van der Waals surface area contributed by atoms with Gasteiger partial charge < -0.3 is 15.1 Å². The molecule has 1 unspecified atom stereocenters. The van der Waals surface area contributed by atoms with Gasteiger partial charge in [0.15, 0.2) is 0 Å². The summed E-state index contributed by atoms with van der Waals surface area (Å²) < 4.78 is 23.2. The lowest BCUT2D eigenvalue weighted by molar-refractivity contribution is -0.141. The van der Waals surface area contributed by atoms with E-state index in [0.29, 0.717) is 36.8 Å². The molecule has 1 N–H and O–H groups in total. The molecule has 8 nitrogen and oxygen atoms in total. The van der Waals surface area contributed by atoms with Crippen LogP contribution in [-0.4, -0.2) is 80.2 Å². The van der Waals surface area contributed by atoms with Crippen LogP contribution in [0.2, 0.25) is 5.02 Å². The molecule has 2 aliphatic rings. The summed E-state index contributed by atoms with van der Waals surface area (Å²) >= 11 is 5.84. The van der Waals surface area contributed by atoms with Crippen molar-refractivity contribution in [2.45, 2.75) is 25.3 Å². The summed E-state index contributed by atoms with van der Waals surface area (Å²) in [4.78, 5) is 41.2. The lowest BCUT2D eigenvalue weighted by Crippen LogP contribution is -2.56. The molecular formula is C20H26ClN3O5S. The molecule has 0 bridgehead atoms. The van der Waals surface area contributed by atoms with Gasteiger partial charge in [-0.25, -0.2) is 8.42 Å². The number of amides is 3. The molecule has 0 aromatic heterocycles. The van der Waals surface area contributed by atoms with E-state index in [1.54, 1.807) is 21.9 Å². The Balaban J connectivity index is 1.64. The summed E-state index contributed by atoms with van der Waals surface area (Å²) in [7, 11) is -3.30. The minimum Gasteiger partial charge on any atom is -0.340 e. The van der Waals surface area contributed by atoms with Crippen LogP contribution in [0.15, 0.2) is 24.3 Å². The number of hydrogen-bond acceptors (Lipinski definition) is 5. The van der Waals surface area contributed by atoms with Crippen molar-refractivity contribution < 1.29 is 22.8 Å². The van der Waals surface area contributed by atoms with Crippen molar-refractivity contribution in [3.63, 3.8) is 0 Å². The van der Waals surface area contributed by atoms with Crippen LogP contribution in [-0.2, 0) is 19.4 Å². The standard InChI is InChI=1S/C20H26ClN3O5S/c1-30(28,29)13-8-17(22-18(25)14-4-6-16(21)7-5-14)20(27)24-11-9-23(10-12-24)19(26)15-2-3-15/h4-7,15,17H,2-3,8-13H2,1H3,(H,22,25). The largest absolute Gasteiger partial charge is 0.340 e. The lowest BCUT2D eigenvalue weighted by Gasteiger charge is -2.36. The number of halogens is 1. The first-order valence-corrected chi connectivity index (χ1v) is 12.4. The maximum atomic E-state index is 13.1. The van der Waals surface area contributed by atoms with Gasteiger partial charge >= 0.3 is 0 Å². The van der Waals surface area contributed by atoms with Crippen molar-refractivity contribution in [3.05, 3.63) is 34.9 Å². The SMILES string of the molecule is CS(=O)(=O)CCC(NC(=O)c1ccc(Cl)cc1)C(=O)N1CCN(C(=O)C2CC2)CC1. The highest BCUT2D eigenvalue weighted by Crippen LogP contribution is 2.31. The molecular weight excluding hydrogens is 430 g/mol. The first-order valence-electron chi connectivity index (χ1n) is 9.96. The Morgan fingerprint density at radius 2 is 1.63 bits per heavy atom. The molecule has 1 aliphatic heterocycles. The van der Waals surface area contributed by atoms with E-state index in [1.165, 1.54) is 12.1 Å². The van der Waals surface area contributed by atoms with Crippen LogP contribution >= 0.6 is 11.6 Å². The zero-order valence-corrected chi connectivity index (χ0v) is 18.4. The summed E-state index contributed by atoms with van der Waals surface area (Å²) in [6, 6.07) is 5.25. The van der Waals surface area contributed by atoms with Gasteiger partial charge in [-0.05, 0) is 43.5 Å². The number of carbonyl (C=O) groups is 3. The summed E-state index contributed by atoms with van der Waals surface area (Å²) in [5, 5.41) is 3.15. The topological polar surface area (TPSA) is 104 Å². The third kappa shape index (κ3) is 6.18. The Bertz CT molecular complexity index is 907. The Hall–Kier alpha value is -2.13. The van der Waals surface area contributed by atoms with Gasteiger partial charge in [-0.2, -0.15) is 0 Å². The molecule has 30 heavy (non-hydrogen) atoms. The highest BCUT2D eigenvalue weighted by atomic mass is 35.5. The van der Waals surface area contributed by atoms with E-state index in [4.69, 9.17) is 11.6 Å². The van der Waals surface area contributed by atoms with E-state index in [-0.39, 0.29) is 29.9 Å². The number of piperazine rings is 1. The number of sulfone groups is 1. The third-order valence-corrected chi connectivity index (χ3v) is 6.55. The number of rotatable bonds is 7. The van der Waals surface area contributed by atoms with Crippen molar-refractivity contribution in [2.24, 2.45) is 5.92 Å². The highest BCUT2D eigenvalue weighted by molar-refractivity contribution is 7.90. The zero-order valence-electron chi connectivity index (χ0n) is 16.8. The molecule has 1 atom stereocenters. The molecule has 1 heterocycles. The monoisotopic (exact) mass is 455 g/mol. The molecule has 164 valence electrons. The molecule has 2 fully saturated rings. The van der Waals surface area contributed by atoms with E-state index in [2.05, 4.69) is 5.32 Å². The second-order valence-corrected chi connectivity index (χ2v) is 10.6. The van der Waals surface area contributed by atoms with Crippen LogP contribution in [0.25, 0.3) is 0 Å². The molecule has 1 aromatic carbocycles. The van der Waals surface area contributed by atoms with Gasteiger partial charge in [0.1, 0.15) is 15.9 Å². The number of benzene rings is 1. The zero-order chi connectivity index (χ0) is 21.9. The quantitative estimate of drug-likeness (QED) is 0.659. The summed E-state index contributed by atoms with van der Waals surface area (Å²) in [6.45, 7) is 1.63. The predicted molar refractivity (Wildman–Crippen MR) is 113 cm³/mol. The summed E-state index contributed by atoms with van der Waals surface area (Å²) in [5.41, 5.74) is 0.330. The minimum absolute atomic E-state index is 0.0157. The van der Waals surface area contributed by atoms with Crippen molar-refractivity contribution in [1.29, 1.82) is 0 Å². The summed E-state index contributed by atoms with van der Waals surface area (Å²) in [6.07, 6.45) is 2.95. The molecule has 1 aliphatic carbocycles. The molecule has 3 amide bonds. The molecule has 10 heteroatoms. The maximum Gasteiger partial charge on any atom is 0.251 e. The number of carbonyl (C=O) groups excluding carboxylic acids is 3. The van der Waals surface area contributed by atoms with Gasteiger partial charge in [0.05, 0.1) is 5.75 Å². The Kier molecular flexibility index (Phi) is 7.02. The Morgan fingerprint density at radius 3 is 2.17 bits per heavy atom. The Labute approximate surface area is 181 Å². The van der Waals surface area contributed by atoms with Crippen molar-refractivity contribution in [3.8, 4) is 0 Å². The first-order chi connectivity index (χ1) is 14.1. The predicted octanol–water partition coefficient (Wildman–Crippen LogP) is 0.954. The maximum absolute atomic E-state index is 13.1. The highest BCUT2D eigenvalue weighted by Gasteiger charge is 2.36. The fourth-order valence-corrected chi connectivity index (χ4v) is 4.18. The van der Waals surface area contributed by atoms with Crippen LogP contribution in [0, 0.1) is 5.92 Å². The number of nitrogens with one attached hydrogen (secondary N) is 1. The van der Waals surface area contributed by atoms with Crippen LogP contribution < -0.4 is 5.32 Å². The second kappa shape index (κ2) is 9.34. The molecule has 1 aromatic rings. The van der Waals surface area contributed by atoms with Crippen molar-refractivity contribution in [1.82, 2.24) is 15.1 Å². The van der Waals surface area contributed by atoms with Gasteiger partial charge in [0.25, 0.3) is 5.91 Å². The molecule has 3 rings (SSSR count). The first kappa shape index (κ1) is 22.6. The van der Waals surface area contributed by atoms with E-state index < -0.39 is 21.8 Å². The van der Waals surface area contributed by atoms with Crippen LogP contribution in [0.4, 0.5) is 0 Å². The molecule has 0 spiro atoms. The van der Waals surface area contributed by atoms with Gasteiger partial charge in [-0.3, -0.25) is 14.4 Å². The van der Waals surface area contributed by atoms with E-state index in [9.17, 15) is 22.8 Å². The molecule has 0 radical (unpaired) electrons. The van der Waals surface area contributed by atoms with E-state index in [1.807, 2.05) is 0 Å². The average Bonchev–Trinajstić information content (AvgIpc) is 3.55. The fraction of sp³-hybridized carbons (Fsp3) is 0.550. The van der Waals surface area contributed by atoms with Gasteiger partial charge in [0, 0.05) is 48.9 Å². The summed E-state index contributed by atoms with van der Waals surface area (Å²) in [5.74, 6) is -0.745. The van der Waals surface area contributed by atoms with Crippen LogP contribution in [0.5, 0.6) is 0 Å². The number of hydrogen-bond donors (Lipinski definition) is 1. The molecule has 1 saturated carbocycles. The van der Waals surface area contributed by atoms with Crippen LogP contribution in [0.3, 0.4) is 0 Å². The van der Waals surface area contributed by atoms with Gasteiger partial charge in [-0.15, -0.1) is 0 Å². The van der Waals surface area contributed by atoms with Gasteiger partial charge in [-0.1, -0.05) is 11.6 Å². The third-order valence-electron chi connectivity index (χ3n) is 5.32. The Morgan fingerprint density at radius 1 is 1.07 bits per heavy atom. The van der Waals surface area contributed by atoms with E-state index in [0.717, 1.165) is 19.1 Å². The normalized spacial score (nSPS) is 18.1. The average molecular weight is 456 g/mol. The molecule has 1 saturated heterocycles. The minimum atomic E-state index is -3.30. The van der Waals surface area contributed by atoms with Crippen molar-refractivity contribution >= 4 is 39.2 Å². The smallest absolute Gasteiger partial charge is 0.251 e. The lowest BCUT2D eigenvalue weighted by atomic mass is 10.1. The number of nitrogens with zero attached hydrogens (tertiary/aromatic N) is 2. The van der Waals surface area contributed by atoms with Crippen molar-refractivity contribution in [2.75, 3.05) is 38.2 Å².